The Balaban J connectivity index is 3.01. The van der Waals surface area contributed by atoms with Gasteiger partial charge in [-0.2, -0.15) is 0 Å². The van der Waals surface area contributed by atoms with E-state index in [0.717, 1.165) is 10.9 Å². The molecule has 0 aliphatic carbocycles. The van der Waals surface area contributed by atoms with Crippen molar-refractivity contribution in [3.63, 3.8) is 0 Å². The summed E-state index contributed by atoms with van der Waals surface area (Å²) < 4.78 is 0. The topological polar surface area (TPSA) is 40.1 Å². The molecule has 0 bridgehead atoms. The smallest absolute Gasteiger partial charge is 0.0727 e. The average Bonchev–Trinajstić information content (AvgIpc) is 2.35. The molecule has 2 aromatic carbocycles. The first-order chi connectivity index (χ1) is 8.19. The van der Waals surface area contributed by atoms with Crippen molar-refractivity contribution in [2.75, 3.05) is 0 Å². The van der Waals surface area contributed by atoms with E-state index in [1.165, 1.54) is 6.08 Å². The lowest BCUT2D eigenvalue weighted by molar-refractivity contribution is -0.254. The lowest BCUT2D eigenvalue weighted by Crippen LogP contribution is -2.24. The zero-order valence-electron chi connectivity index (χ0n) is 9.27. The molecule has 0 amide bonds. The molecule has 2 nitrogen and oxygen atoms in total. The van der Waals surface area contributed by atoms with E-state index in [1.54, 1.807) is 18.2 Å². The fourth-order valence-corrected chi connectivity index (χ4v) is 1.99. The molecule has 2 heteroatoms. The molecule has 0 spiro atoms. The van der Waals surface area contributed by atoms with Crippen LogP contribution in [-0.4, -0.2) is 5.97 Å². The molecule has 0 aliphatic rings. The van der Waals surface area contributed by atoms with Gasteiger partial charge < -0.3 is 9.90 Å². The molecule has 0 heterocycles. The lowest BCUT2D eigenvalue weighted by Gasteiger charge is -2.14. The van der Waals surface area contributed by atoms with Crippen LogP contribution in [0.5, 0.6) is 0 Å². The summed E-state index contributed by atoms with van der Waals surface area (Å²) in [5.74, 6) is -1.19. The lowest BCUT2D eigenvalue weighted by atomic mass is 9.94. The maximum Gasteiger partial charge on any atom is 0.0727 e. The van der Waals surface area contributed by atoms with Gasteiger partial charge in [0.2, 0.25) is 0 Å². The van der Waals surface area contributed by atoms with E-state index in [2.05, 4.69) is 13.2 Å². The fraction of sp³-hybridized carbons (Fsp3) is 0. The van der Waals surface area contributed by atoms with Gasteiger partial charge in [0, 0.05) is 5.56 Å². The van der Waals surface area contributed by atoms with Gasteiger partial charge in [0.1, 0.15) is 0 Å². The highest BCUT2D eigenvalue weighted by Gasteiger charge is 2.09. The molecule has 2 rings (SSSR count). The van der Waals surface area contributed by atoms with Crippen LogP contribution in [0.15, 0.2) is 43.5 Å². The number of hydrogen-bond donors (Lipinski definition) is 0. The second-order valence-electron chi connectivity index (χ2n) is 3.67. The minimum absolute atomic E-state index is 0.174. The van der Waals surface area contributed by atoms with Crippen LogP contribution >= 0.6 is 0 Å². The fourth-order valence-electron chi connectivity index (χ4n) is 1.99. The maximum absolute atomic E-state index is 11.3. The highest BCUT2D eigenvalue weighted by molar-refractivity contribution is 6.07. The summed E-state index contributed by atoms with van der Waals surface area (Å²) in [5.41, 5.74) is 1.48. The van der Waals surface area contributed by atoms with Crippen LogP contribution in [0.25, 0.3) is 22.9 Å². The third kappa shape index (κ3) is 1.74. The zero-order valence-corrected chi connectivity index (χ0v) is 9.27. The van der Waals surface area contributed by atoms with Crippen LogP contribution in [-0.2, 0) is 0 Å². The molecule has 0 atom stereocenters. The van der Waals surface area contributed by atoms with Gasteiger partial charge in [-0.1, -0.05) is 49.6 Å². The Labute approximate surface area is 99.5 Å². The monoisotopic (exact) mass is 223 g/mol. The van der Waals surface area contributed by atoms with E-state index in [1.807, 2.05) is 18.2 Å². The van der Waals surface area contributed by atoms with Crippen molar-refractivity contribution >= 4 is 28.9 Å². The molecule has 0 unspecified atom stereocenters. The van der Waals surface area contributed by atoms with Gasteiger partial charge in [-0.25, -0.2) is 0 Å². The van der Waals surface area contributed by atoms with Crippen LogP contribution in [0.4, 0.5) is 0 Å². The molecule has 0 saturated heterocycles. The molecular weight excluding hydrogens is 212 g/mol. The normalized spacial score (nSPS) is 10.1. The Kier molecular flexibility index (Phi) is 2.79. The summed E-state index contributed by atoms with van der Waals surface area (Å²) in [4.78, 5) is 11.3. The average molecular weight is 223 g/mol. The predicted octanol–water partition coefficient (Wildman–Crippen LogP) is 2.49. The van der Waals surface area contributed by atoms with Gasteiger partial charge in [0.05, 0.1) is 5.97 Å². The number of carboxylic acid groups (broad SMARTS) is 1. The Hall–Kier alpha value is -2.35. The van der Waals surface area contributed by atoms with Crippen molar-refractivity contribution in [1.29, 1.82) is 0 Å². The van der Waals surface area contributed by atoms with E-state index in [9.17, 15) is 9.90 Å². The van der Waals surface area contributed by atoms with E-state index in [0.29, 0.717) is 10.9 Å². The number of hydrogen-bond acceptors (Lipinski definition) is 2. The third-order valence-corrected chi connectivity index (χ3v) is 2.75. The van der Waals surface area contributed by atoms with Crippen LogP contribution in [0, 0.1) is 0 Å². The minimum atomic E-state index is -1.19. The highest BCUT2D eigenvalue weighted by atomic mass is 16.4. The number of aromatic carboxylic acids is 1. The molecule has 17 heavy (non-hydrogen) atoms. The van der Waals surface area contributed by atoms with Crippen molar-refractivity contribution in [2.45, 2.75) is 0 Å². The van der Waals surface area contributed by atoms with Crippen molar-refractivity contribution in [3.05, 3.63) is 60.2 Å². The molecule has 0 fully saturated rings. The molecule has 2 aromatic rings. The summed E-state index contributed by atoms with van der Waals surface area (Å²) in [7, 11) is 0. The molecule has 0 aromatic heterocycles. The van der Waals surface area contributed by atoms with Gasteiger partial charge in [0.15, 0.2) is 0 Å². The van der Waals surface area contributed by atoms with Crippen molar-refractivity contribution < 1.29 is 9.90 Å². The van der Waals surface area contributed by atoms with Crippen molar-refractivity contribution in [1.82, 2.24) is 0 Å². The van der Waals surface area contributed by atoms with E-state index >= 15 is 0 Å². The Morgan fingerprint density at radius 1 is 1.18 bits per heavy atom. The summed E-state index contributed by atoms with van der Waals surface area (Å²) in [6.07, 6.45) is 3.14. The Morgan fingerprint density at radius 3 is 2.47 bits per heavy atom. The van der Waals surface area contributed by atoms with Gasteiger partial charge in [-0.3, -0.25) is 0 Å². The first-order valence-corrected chi connectivity index (χ1v) is 5.21. The van der Waals surface area contributed by atoms with E-state index in [-0.39, 0.29) is 5.56 Å². The van der Waals surface area contributed by atoms with Crippen LogP contribution in [0.3, 0.4) is 0 Å². The first-order valence-electron chi connectivity index (χ1n) is 5.21. The number of benzene rings is 2. The predicted molar refractivity (Wildman–Crippen MR) is 68.5 cm³/mol. The van der Waals surface area contributed by atoms with E-state index < -0.39 is 5.97 Å². The maximum atomic E-state index is 11.3. The van der Waals surface area contributed by atoms with Crippen LogP contribution < -0.4 is 5.11 Å². The van der Waals surface area contributed by atoms with Crippen LogP contribution in [0.1, 0.15) is 21.5 Å². The third-order valence-electron chi connectivity index (χ3n) is 2.75. The summed E-state index contributed by atoms with van der Waals surface area (Å²) in [6, 6.07) is 9.19. The minimum Gasteiger partial charge on any atom is -0.545 e. The SMILES string of the molecule is C=Cc1cc2ccccc2c(C(=O)[O-])c1C=C. The molecule has 0 radical (unpaired) electrons. The number of fused-ring (bicyclic) bond motifs is 1. The molecule has 0 saturated carbocycles. The quantitative estimate of drug-likeness (QED) is 0.802. The number of rotatable bonds is 3. The van der Waals surface area contributed by atoms with Crippen molar-refractivity contribution in [2.24, 2.45) is 0 Å². The summed E-state index contributed by atoms with van der Waals surface area (Å²) in [5, 5.41) is 12.8. The molecule has 0 N–H and O–H groups in total. The molecular formula is C15H11O2-. The summed E-state index contributed by atoms with van der Waals surface area (Å²) in [6.45, 7) is 7.34. The van der Waals surface area contributed by atoms with Crippen molar-refractivity contribution in [3.8, 4) is 0 Å². The van der Waals surface area contributed by atoms with E-state index in [4.69, 9.17) is 0 Å². The highest BCUT2D eigenvalue weighted by Crippen LogP contribution is 2.27. The summed E-state index contributed by atoms with van der Waals surface area (Å²) >= 11 is 0. The number of carboxylic acids is 1. The van der Waals surface area contributed by atoms with Gasteiger partial charge in [-0.15, -0.1) is 0 Å². The van der Waals surface area contributed by atoms with Gasteiger partial charge in [0.25, 0.3) is 0 Å². The number of carbonyl (C=O) groups excluding carboxylic acids is 1. The second-order valence-corrected chi connectivity index (χ2v) is 3.67. The first kappa shape index (κ1) is 11.1. The molecule has 0 aliphatic heterocycles. The second kappa shape index (κ2) is 4.26. The zero-order chi connectivity index (χ0) is 12.4. The molecule has 84 valence electrons. The van der Waals surface area contributed by atoms with Gasteiger partial charge in [-0.05, 0) is 28.0 Å². The largest absolute Gasteiger partial charge is 0.545 e. The van der Waals surface area contributed by atoms with Gasteiger partial charge >= 0.3 is 0 Å². The Morgan fingerprint density at radius 2 is 1.88 bits per heavy atom. The standard InChI is InChI=1S/C15H12O2/c1-3-10-9-11-7-5-6-8-13(11)14(15(16)17)12(10)4-2/h3-9H,1-2H2,(H,16,17)/p-1. The Bertz CT molecular complexity index is 624. The van der Waals surface area contributed by atoms with Crippen LogP contribution in [0.2, 0.25) is 0 Å². The number of carbonyl (C=O) groups is 1.